The van der Waals surface area contributed by atoms with Gasteiger partial charge in [-0.2, -0.15) is 0 Å². The molecule has 0 saturated heterocycles. The fraction of sp³-hybridized carbons (Fsp3) is 0.286. The number of rotatable bonds is 7. The molecule has 0 unspecified atom stereocenters. The van der Waals surface area contributed by atoms with Crippen LogP contribution in [-0.4, -0.2) is 47.5 Å². The van der Waals surface area contributed by atoms with Gasteiger partial charge in [-0.15, -0.1) is 0 Å². The second-order valence-corrected chi connectivity index (χ2v) is 7.80. The molecule has 0 aliphatic carbocycles. The molecule has 1 N–H and O–H groups in total. The van der Waals surface area contributed by atoms with Crippen molar-refractivity contribution in [2.75, 3.05) is 27.2 Å². The molecule has 0 atom stereocenters. The quantitative estimate of drug-likeness (QED) is 0.571. The van der Waals surface area contributed by atoms with Gasteiger partial charge >= 0.3 is 0 Å². The SMILES string of the molecule is CN(C)CCCNC(=O)c1nc2ccccc2c(=O)n1Cc1ccc(Br)cc1. The highest BCUT2D eigenvalue weighted by molar-refractivity contribution is 9.10. The minimum atomic E-state index is -0.335. The molecule has 3 aromatic rings. The number of benzene rings is 2. The molecular formula is C21H23BrN4O2. The normalized spacial score (nSPS) is 11.1. The van der Waals surface area contributed by atoms with Crippen molar-refractivity contribution in [3.8, 4) is 0 Å². The first kappa shape index (κ1) is 20.2. The van der Waals surface area contributed by atoms with E-state index >= 15 is 0 Å². The van der Waals surface area contributed by atoms with E-state index in [2.05, 4.69) is 31.1 Å². The largest absolute Gasteiger partial charge is 0.349 e. The molecule has 146 valence electrons. The summed E-state index contributed by atoms with van der Waals surface area (Å²) in [6.45, 7) is 1.68. The first-order valence-corrected chi connectivity index (χ1v) is 9.92. The Labute approximate surface area is 172 Å². The molecule has 0 radical (unpaired) electrons. The van der Waals surface area contributed by atoms with Crippen LogP contribution in [0.4, 0.5) is 0 Å². The van der Waals surface area contributed by atoms with Crippen molar-refractivity contribution < 1.29 is 4.79 Å². The Morgan fingerprint density at radius 1 is 1.14 bits per heavy atom. The number of para-hydroxylation sites is 1. The molecule has 7 heteroatoms. The van der Waals surface area contributed by atoms with E-state index in [9.17, 15) is 9.59 Å². The number of nitrogens with one attached hydrogen (secondary N) is 1. The van der Waals surface area contributed by atoms with Gasteiger partial charge in [-0.25, -0.2) is 4.98 Å². The average Bonchev–Trinajstić information content (AvgIpc) is 2.68. The van der Waals surface area contributed by atoms with E-state index in [0.717, 1.165) is 23.0 Å². The third kappa shape index (κ3) is 4.85. The zero-order chi connectivity index (χ0) is 20.1. The first-order valence-electron chi connectivity index (χ1n) is 9.12. The van der Waals surface area contributed by atoms with Gasteiger partial charge in [0.1, 0.15) is 0 Å². The van der Waals surface area contributed by atoms with Crippen LogP contribution >= 0.6 is 15.9 Å². The van der Waals surface area contributed by atoms with Gasteiger partial charge in [-0.05, 0) is 56.9 Å². The second kappa shape index (κ2) is 9.12. The number of aromatic nitrogens is 2. The standard InChI is InChI=1S/C21H23BrN4O2/c1-25(2)13-5-12-23-20(27)19-24-18-7-4-3-6-17(18)21(28)26(19)14-15-8-10-16(22)11-9-15/h3-4,6-11H,5,12-14H2,1-2H3,(H,23,27). The van der Waals surface area contributed by atoms with Crippen LogP contribution in [0.15, 0.2) is 57.8 Å². The molecule has 1 amide bonds. The maximum absolute atomic E-state index is 13.1. The molecule has 2 aromatic carbocycles. The molecule has 28 heavy (non-hydrogen) atoms. The fourth-order valence-electron chi connectivity index (χ4n) is 2.94. The predicted octanol–water partition coefficient (Wildman–Crippen LogP) is 2.89. The Morgan fingerprint density at radius 3 is 2.57 bits per heavy atom. The summed E-state index contributed by atoms with van der Waals surface area (Å²) in [5, 5.41) is 3.39. The lowest BCUT2D eigenvalue weighted by molar-refractivity contribution is 0.0936. The minimum Gasteiger partial charge on any atom is -0.349 e. The molecule has 0 fully saturated rings. The van der Waals surface area contributed by atoms with Crippen molar-refractivity contribution in [1.82, 2.24) is 19.8 Å². The monoisotopic (exact) mass is 442 g/mol. The third-order valence-electron chi connectivity index (χ3n) is 4.39. The number of fused-ring (bicyclic) bond motifs is 1. The Balaban J connectivity index is 1.95. The number of hydrogen-bond acceptors (Lipinski definition) is 4. The highest BCUT2D eigenvalue weighted by Gasteiger charge is 2.17. The summed E-state index contributed by atoms with van der Waals surface area (Å²) in [6.07, 6.45) is 0.823. The van der Waals surface area contributed by atoms with E-state index in [-0.39, 0.29) is 23.8 Å². The van der Waals surface area contributed by atoms with Gasteiger partial charge in [-0.1, -0.05) is 40.2 Å². The van der Waals surface area contributed by atoms with Crippen molar-refractivity contribution >= 4 is 32.7 Å². The second-order valence-electron chi connectivity index (χ2n) is 6.88. The van der Waals surface area contributed by atoms with Crippen LogP contribution in [0.3, 0.4) is 0 Å². The fourth-order valence-corrected chi connectivity index (χ4v) is 3.20. The molecule has 0 aliphatic heterocycles. The van der Waals surface area contributed by atoms with Crippen LogP contribution in [0, 0.1) is 0 Å². The van der Waals surface area contributed by atoms with Crippen LogP contribution in [-0.2, 0) is 6.54 Å². The Morgan fingerprint density at radius 2 is 1.86 bits per heavy atom. The van der Waals surface area contributed by atoms with Crippen molar-refractivity contribution in [3.63, 3.8) is 0 Å². The summed E-state index contributed by atoms with van der Waals surface area (Å²) >= 11 is 3.41. The molecule has 0 aliphatic rings. The Hall–Kier alpha value is -2.51. The zero-order valence-corrected chi connectivity index (χ0v) is 17.6. The van der Waals surface area contributed by atoms with Crippen LogP contribution in [0.1, 0.15) is 22.6 Å². The Kier molecular flexibility index (Phi) is 6.59. The summed E-state index contributed by atoms with van der Waals surface area (Å²) in [7, 11) is 3.98. The summed E-state index contributed by atoms with van der Waals surface area (Å²) in [5.41, 5.74) is 1.23. The predicted molar refractivity (Wildman–Crippen MR) is 115 cm³/mol. The van der Waals surface area contributed by atoms with Gasteiger partial charge < -0.3 is 10.2 Å². The molecule has 3 rings (SSSR count). The lowest BCUT2D eigenvalue weighted by atomic mass is 10.2. The number of halogens is 1. The number of amides is 1. The topological polar surface area (TPSA) is 67.2 Å². The van der Waals surface area contributed by atoms with E-state index in [1.54, 1.807) is 18.2 Å². The minimum absolute atomic E-state index is 0.136. The third-order valence-corrected chi connectivity index (χ3v) is 4.91. The van der Waals surface area contributed by atoms with Gasteiger partial charge in [0.2, 0.25) is 5.82 Å². The summed E-state index contributed by atoms with van der Waals surface area (Å²) in [4.78, 5) is 32.4. The van der Waals surface area contributed by atoms with Gasteiger partial charge in [0.25, 0.3) is 11.5 Å². The number of carbonyl (C=O) groups is 1. The number of hydrogen-bond donors (Lipinski definition) is 1. The molecule has 0 saturated carbocycles. The van der Waals surface area contributed by atoms with Crippen LogP contribution in [0.5, 0.6) is 0 Å². The van der Waals surface area contributed by atoms with E-state index in [1.165, 1.54) is 4.57 Å². The van der Waals surface area contributed by atoms with Gasteiger partial charge in [0.15, 0.2) is 0 Å². The smallest absolute Gasteiger partial charge is 0.287 e. The van der Waals surface area contributed by atoms with Crippen LogP contribution in [0.25, 0.3) is 10.9 Å². The van der Waals surface area contributed by atoms with Gasteiger partial charge in [-0.3, -0.25) is 14.2 Å². The van der Waals surface area contributed by atoms with Crippen LogP contribution < -0.4 is 10.9 Å². The van der Waals surface area contributed by atoms with E-state index < -0.39 is 0 Å². The molecule has 6 nitrogen and oxygen atoms in total. The molecule has 1 heterocycles. The van der Waals surface area contributed by atoms with Gasteiger partial charge in [0, 0.05) is 11.0 Å². The lowest BCUT2D eigenvalue weighted by Crippen LogP contribution is -2.35. The molecule has 0 spiro atoms. The summed E-state index contributed by atoms with van der Waals surface area (Å²) < 4.78 is 2.41. The van der Waals surface area contributed by atoms with E-state index in [0.29, 0.717) is 17.4 Å². The van der Waals surface area contributed by atoms with Crippen molar-refractivity contribution in [2.45, 2.75) is 13.0 Å². The number of carbonyl (C=O) groups excluding carboxylic acids is 1. The summed E-state index contributed by atoms with van der Waals surface area (Å²) in [6, 6.07) is 14.8. The van der Waals surface area contributed by atoms with Crippen molar-refractivity contribution in [1.29, 1.82) is 0 Å². The average molecular weight is 443 g/mol. The van der Waals surface area contributed by atoms with Gasteiger partial charge in [0.05, 0.1) is 17.4 Å². The highest BCUT2D eigenvalue weighted by Crippen LogP contribution is 2.13. The highest BCUT2D eigenvalue weighted by atomic mass is 79.9. The van der Waals surface area contributed by atoms with E-state index in [4.69, 9.17) is 0 Å². The maximum Gasteiger partial charge on any atom is 0.287 e. The van der Waals surface area contributed by atoms with Crippen molar-refractivity contribution in [3.05, 3.63) is 74.7 Å². The molecule has 1 aromatic heterocycles. The van der Waals surface area contributed by atoms with Crippen molar-refractivity contribution in [2.24, 2.45) is 0 Å². The zero-order valence-electron chi connectivity index (χ0n) is 16.0. The maximum atomic E-state index is 13.1. The Bertz CT molecular complexity index is 1030. The molecular weight excluding hydrogens is 420 g/mol. The molecule has 0 bridgehead atoms. The summed E-state index contributed by atoms with van der Waals surface area (Å²) in [5.74, 6) is -0.199. The van der Waals surface area contributed by atoms with Crippen LogP contribution in [0.2, 0.25) is 0 Å². The lowest BCUT2D eigenvalue weighted by Gasteiger charge is -2.14. The van der Waals surface area contributed by atoms with E-state index in [1.807, 2.05) is 44.4 Å². The first-order chi connectivity index (χ1) is 13.5. The number of nitrogens with zero attached hydrogens (tertiary/aromatic N) is 3.